The third-order valence-electron chi connectivity index (χ3n) is 2.78. The molecule has 3 nitrogen and oxygen atoms in total. The Morgan fingerprint density at radius 1 is 1.23 bits per heavy atom. The second-order valence-corrected chi connectivity index (χ2v) is 7.88. The van der Waals surface area contributed by atoms with Gasteiger partial charge in [0.25, 0.3) is 10.0 Å². The van der Waals surface area contributed by atoms with Crippen LogP contribution in [0.2, 0.25) is 5.02 Å². The van der Waals surface area contributed by atoms with Crippen LogP contribution in [-0.4, -0.2) is 8.42 Å². The lowest BCUT2D eigenvalue weighted by Crippen LogP contribution is -2.16. The summed E-state index contributed by atoms with van der Waals surface area (Å²) in [5.74, 6) is 0. The smallest absolute Gasteiger partial charge is 0.278 e. The molecule has 0 saturated heterocycles. The predicted octanol–water partition coefficient (Wildman–Crippen LogP) is 4.78. The number of thiophene rings is 1. The number of aryl methyl sites for hydroxylation is 1. The van der Waals surface area contributed by atoms with E-state index in [0.29, 0.717) is 12.5 Å². The fourth-order valence-corrected chi connectivity index (χ4v) is 4.28. The number of hydrogen-bond acceptors (Lipinski definition) is 3. The maximum absolute atomic E-state index is 13.0. The lowest BCUT2D eigenvalue weighted by Gasteiger charge is -2.14. The SMILES string of the molecule is CCc1ccc(S(=O)(=O)Nc2ccc(Cl)cc2C(F)(F)F)s1. The molecule has 2 rings (SSSR count). The summed E-state index contributed by atoms with van der Waals surface area (Å²) in [6, 6.07) is 5.88. The quantitative estimate of drug-likeness (QED) is 0.842. The third-order valence-corrected chi connectivity index (χ3v) is 6.10. The van der Waals surface area contributed by atoms with Crippen molar-refractivity contribution in [1.29, 1.82) is 0 Å². The Balaban J connectivity index is 2.42. The number of sulfonamides is 1. The largest absolute Gasteiger partial charge is 0.418 e. The first-order chi connectivity index (χ1) is 10.1. The highest BCUT2D eigenvalue weighted by Crippen LogP contribution is 2.37. The number of hydrogen-bond donors (Lipinski definition) is 1. The zero-order valence-electron chi connectivity index (χ0n) is 11.2. The summed E-state index contributed by atoms with van der Waals surface area (Å²) in [5, 5.41) is -0.125. The van der Waals surface area contributed by atoms with Crippen LogP contribution in [0.1, 0.15) is 17.4 Å². The van der Waals surface area contributed by atoms with E-state index in [9.17, 15) is 21.6 Å². The monoisotopic (exact) mass is 369 g/mol. The highest BCUT2D eigenvalue weighted by molar-refractivity contribution is 7.94. The van der Waals surface area contributed by atoms with Crippen molar-refractivity contribution in [3.05, 3.63) is 45.8 Å². The summed E-state index contributed by atoms with van der Waals surface area (Å²) in [4.78, 5) is 0.826. The first-order valence-electron chi connectivity index (χ1n) is 6.12. The summed E-state index contributed by atoms with van der Waals surface area (Å²) in [7, 11) is -4.07. The van der Waals surface area contributed by atoms with Crippen LogP contribution in [0.5, 0.6) is 0 Å². The van der Waals surface area contributed by atoms with Crippen LogP contribution >= 0.6 is 22.9 Å². The third kappa shape index (κ3) is 3.74. The minimum absolute atomic E-state index is 0.0348. The van der Waals surface area contributed by atoms with Gasteiger partial charge in [-0.05, 0) is 36.8 Å². The molecule has 0 amide bonds. The van der Waals surface area contributed by atoms with E-state index in [1.54, 1.807) is 6.07 Å². The van der Waals surface area contributed by atoms with E-state index in [0.717, 1.165) is 22.3 Å². The molecule has 1 heterocycles. The lowest BCUT2D eigenvalue weighted by atomic mass is 10.2. The molecule has 0 spiro atoms. The zero-order chi connectivity index (χ0) is 16.5. The van der Waals surface area contributed by atoms with Gasteiger partial charge in [-0.3, -0.25) is 4.72 Å². The first-order valence-corrected chi connectivity index (χ1v) is 8.79. The molecular weight excluding hydrogens is 359 g/mol. The van der Waals surface area contributed by atoms with Gasteiger partial charge >= 0.3 is 6.18 Å². The second-order valence-electron chi connectivity index (χ2n) is 4.37. The van der Waals surface area contributed by atoms with E-state index >= 15 is 0 Å². The zero-order valence-corrected chi connectivity index (χ0v) is 13.6. The molecule has 9 heteroatoms. The molecule has 0 unspecified atom stereocenters. The van der Waals surface area contributed by atoms with E-state index in [2.05, 4.69) is 0 Å². The Labute approximate surface area is 134 Å². The molecule has 1 aromatic carbocycles. The Kier molecular flexibility index (Phi) is 4.74. The highest BCUT2D eigenvalue weighted by Gasteiger charge is 2.35. The van der Waals surface area contributed by atoms with Crippen LogP contribution in [0, 0.1) is 0 Å². The molecule has 0 radical (unpaired) electrons. The van der Waals surface area contributed by atoms with E-state index in [-0.39, 0.29) is 9.23 Å². The van der Waals surface area contributed by atoms with E-state index in [4.69, 9.17) is 11.6 Å². The number of rotatable bonds is 4. The molecule has 0 aliphatic rings. The molecule has 0 saturated carbocycles. The van der Waals surface area contributed by atoms with E-state index in [1.165, 1.54) is 12.1 Å². The Morgan fingerprint density at radius 2 is 1.91 bits per heavy atom. The van der Waals surface area contributed by atoms with Gasteiger partial charge in [0, 0.05) is 9.90 Å². The predicted molar refractivity (Wildman–Crippen MR) is 81.0 cm³/mol. The molecular formula is C13H11ClF3NO2S2. The second kappa shape index (κ2) is 6.10. The summed E-state index contributed by atoms with van der Waals surface area (Å²) in [5.41, 5.74) is -1.68. The van der Waals surface area contributed by atoms with Crippen molar-refractivity contribution in [2.45, 2.75) is 23.7 Å². The summed E-state index contributed by atoms with van der Waals surface area (Å²) >= 11 is 6.58. The van der Waals surface area contributed by atoms with Crippen molar-refractivity contribution in [2.75, 3.05) is 4.72 Å². The van der Waals surface area contributed by atoms with Gasteiger partial charge in [0.2, 0.25) is 0 Å². The number of halogens is 4. The van der Waals surface area contributed by atoms with Gasteiger partial charge in [0.05, 0.1) is 11.3 Å². The topological polar surface area (TPSA) is 46.2 Å². The first kappa shape index (κ1) is 17.1. The molecule has 0 aliphatic carbocycles. The van der Waals surface area contributed by atoms with Gasteiger partial charge in [0.1, 0.15) is 4.21 Å². The molecule has 2 aromatic rings. The normalized spacial score (nSPS) is 12.4. The maximum Gasteiger partial charge on any atom is 0.418 e. The van der Waals surface area contributed by atoms with Crippen LogP contribution in [0.4, 0.5) is 18.9 Å². The van der Waals surface area contributed by atoms with Crippen molar-refractivity contribution in [3.63, 3.8) is 0 Å². The Hall–Kier alpha value is -1.25. The average molecular weight is 370 g/mol. The van der Waals surface area contributed by atoms with Crippen molar-refractivity contribution >= 4 is 38.6 Å². The average Bonchev–Trinajstić information content (AvgIpc) is 2.89. The fraction of sp³-hybridized carbons (Fsp3) is 0.231. The van der Waals surface area contributed by atoms with Crippen molar-refractivity contribution in [2.24, 2.45) is 0 Å². The number of nitrogens with one attached hydrogen (secondary N) is 1. The number of anilines is 1. The molecule has 1 N–H and O–H groups in total. The molecule has 0 aliphatic heterocycles. The minimum atomic E-state index is -4.72. The summed E-state index contributed by atoms with van der Waals surface area (Å²) in [6.07, 6.45) is -4.07. The lowest BCUT2D eigenvalue weighted by molar-refractivity contribution is -0.136. The van der Waals surface area contributed by atoms with Crippen LogP contribution in [0.3, 0.4) is 0 Å². The standard InChI is InChI=1S/C13H11ClF3NO2S2/c1-2-9-4-6-12(21-9)22(19,20)18-11-5-3-8(14)7-10(11)13(15,16)17/h3-7,18H,2H2,1H3. The van der Waals surface area contributed by atoms with Crippen LogP contribution in [0.25, 0.3) is 0 Å². The van der Waals surface area contributed by atoms with Crippen molar-refractivity contribution < 1.29 is 21.6 Å². The highest BCUT2D eigenvalue weighted by atomic mass is 35.5. The van der Waals surface area contributed by atoms with Gasteiger partial charge in [-0.15, -0.1) is 11.3 Å². The molecule has 0 bridgehead atoms. The van der Waals surface area contributed by atoms with Crippen LogP contribution < -0.4 is 4.72 Å². The number of benzene rings is 1. The molecule has 0 atom stereocenters. The van der Waals surface area contributed by atoms with Crippen molar-refractivity contribution in [3.8, 4) is 0 Å². The summed E-state index contributed by atoms with van der Waals surface area (Å²) < 4.78 is 65.3. The van der Waals surface area contributed by atoms with Gasteiger partial charge < -0.3 is 0 Å². The Bertz CT molecular complexity index is 785. The fourth-order valence-electron chi connectivity index (χ4n) is 1.73. The molecule has 1 aromatic heterocycles. The van der Waals surface area contributed by atoms with Crippen LogP contribution in [-0.2, 0) is 22.6 Å². The molecule has 0 fully saturated rings. The maximum atomic E-state index is 13.0. The van der Waals surface area contributed by atoms with Crippen LogP contribution in [0.15, 0.2) is 34.5 Å². The molecule has 120 valence electrons. The molecule has 22 heavy (non-hydrogen) atoms. The van der Waals surface area contributed by atoms with Gasteiger partial charge in [-0.25, -0.2) is 8.42 Å². The van der Waals surface area contributed by atoms with E-state index < -0.39 is 27.5 Å². The summed E-state index contributed by atoms with van der Waals surface area (Å²) in [6.45, 7) is 1.86. The van der Waals surface area contributed by atoms with Gasteiger partial charge in [-0.1, -0.05) is 18.5 Å². The number of alkyl halides is 3. The minimum Gasteiger partial charge on any atom is -0.278 e. The van der Waals surface area contributed by atoms with E-state index in [1.807, 2.05) is 11.6 Å². The van der Waals surface area contributed by atoms with Gasteiger partial charge in [-0.2, -0.15) is 13.2 Å². The van der Waals surface area contributed by atoms with Crippen molar-refractivity contribution in [1.82, 2.24) is 0 Å². The Morgan fingerprint density at radius 3 is 2.45 bits per heavy atom. The van der Waals surface area contributed by atoms with Gasteiger partial charge in [0.15, 0.2) is 0 Å².